The van der Waals surface area contributed by atoms with Gasteiger partial charge in [0.1, 0.15) is 0 Å². The van der Waals surface area contributed by atoms with E-state index in [1.807, 2.05) is 31.2 Å². The molecule has 2 aromatic rings. The summed E-state index contributed by atoms with van der Waals surface area (Å²) >= 11 is 0. The highest BCUT2D eigenvalue weighted by Crippen LogP contribution is 2.10. The number of hydrogen-bond donors (Lipinski definition) is 1. The number of aliphatic hydroxyl groups excluding tert-OH is 1. The van der Waals surface area contributed by atoms with Gasteiger partial charge in [-0.2, -0.15) is 0 Å². The standard InChI is InChI=1S/C10H9N.C2H6O/c1-8-6-7-9-4-2-3-5-10(9)11-8;1-2-3/h2-7H,1H3;3H,2H2,1H3. The van der Waals surface area contributed by atoms with Crippen LogP contribution in [0.4, 0.5) is 0 Å². The molecule has 74 valence electrons. The van der Waals surface area contributed by atoms with E-state index in [-0.39, 0.29) is 6.61 Å². The molecule has 2 rings (SSSR count). The second-order valence-electron chi connectivity index (χ2n) is 2.96. The third kappa shape index (κ3) is 2.82. The average molecular weight is 189 g/mol. The van der Waals surface area contributed by atoms with Crippen molar-refractivity contribution in [2.45, 2.75) is 13.8 Å². The molecule has 1 N–H and O–H groups in total. The number of aliphatic hydroxyl groups is 1. The van der Waals surface area contributed by atoms with Gasteiger partial charge in [0.05, 0.1) is 5.52 Å². The maximum atomic E-state index is 7.57. The zero-order valence-corrected chi connectivity index (χ0v) is 8.57. The molecule has 0 atom stereocenters. The number of benzene rings is 1. The normalized spacial score (nSPS) is 9.36. The summed E-state index contributed by atoms with van der Waals surface area (Å²) < 4.78 is 0. The molecule has 0 aliphatic heterocycles. The predicted octanol–water partition coefficient (Wildman–Crippen LogP) is 2.54. The van der Waals surface area contributed by atoms with Crippen LogP contribution in [0.2, 0.25) is 0 Å². The van der Waals surface area contributed by atoms with Crippen LogP contribution >= 0.6 is 0 Å². The fourth-order valence-corrected chi connectivity index (χ4v) is 1.17. The van der Waals surface area contributed by atoms with Crippen LogP contribution in [0.1, 0.15) is 12.6 Å². The molecule has 0 saturated carbocycles. The van der Waals surface area contributed by atoms with Gasteiger partial charge in [-0.15, -0.1) is 0 Å². The lowest BCUT2D eigenvalue weighted by molar-refractivity contribution is 0.318. The molecule has 0 unspecified atom stereocenters. The first-order chi connectivity index (χ1) is 6.77. The molecule has 0 spiro atoms. The van der Waals surface area contributed by atoms with Crippen LogP contribution in [0.5, 0.6) is 0 Å². The Bertz CT molecular complexity index is 398. The molecule has 2 nitrogen and oxygen atoms in total. The van der Waals surface area contributed by atoms with Gasteiger partial charge in [0, 0.05) is 17.7 Å². The van der Waals surface area contributed by atoms with Crippen LogP contribution in [0.25, 0.3) is 10.9 Å². The number of pyridine rings is 1. The van der Waals surface area contributed by atoms with Crippen molar-refractivity contribution >= 4 is 10.9 Å². The first-order valence-corrected chi connectivity index (χ1v) is 4.71. The Morgan fingerprint density at radius 1 is 1.14 bits per heavy atom. The van der Waals surface area contributed by atoms with E-state index in [9.17, 15) is 0 Å². The topological polar surface area (TPSA) is 33.1 Å². The van der Waals surface area contributed by atoms with Crippen molar-refractivity contribution in [3.63, 3.8) is 0 Å². The summed E-state index contributed by atoms with van der Waals surface area (Å²) in [7, 11) is 0. The minimum atomic E-state index is 0.250. The quantitative estimate of drug-likeness (QED) is 0.690. The van der Waals surface area contributed by atoms with E-state index in [2.05, 4.69) is 17.1 Å². The predicted molar refractivity (Wildman–Crippen MR) is 59.2 cm³/mol. The molecule has 0 fully saturated rings. The summed E-state index contributed by atoms with van der Waals surface area (Å²) in [6.07, 6.45) is 0. The zero-order valence-electron chi connectivity index (χ0n) is 8.57. The lowest BCUT2D eigenvalue weighted by Gasteiger charge is -1.95. The number of aromatic nitrogens is 1. The van der Waals surface area contributed by atoms with E-state index in [4.69, 9.17) is 5.11 Å². The van der Waals surface area contributed by atoms with E-state index in [0.717, 1.165) is 11.2 Å². The van der Waals surface area contributed by atoms with Gasteiger partial charge in [-0.05, 0) is 26.0 Å². The van der Waals surface area contributed by atoms with Crippen LogP contribution in [0, 0.1) is 6.92 Å². The van der Waals surface area contributed by atoms with Gasteiger partial charge in [0.15, 0.2) is 0 Å². The van der Waals surface area contributed by atoms with Crippen LogP contribution in [0.15, 0.2) is 36.4 Å². The maximum absolute atomic E-state index is 7.57. The third-order valence-corrected chi connectivity index (χ3v) is 1.74. The van der Waals surface area contributed by atoms with Crippen molar-refractivity contribution in [3.8, 4) is 0 Å². The number of hydrogen-bond acceptors (Lipinski definition) is 2. The monoisotopic (exact) mass is 189 g/mol. The summed E-state index contributed by atoms with van der Waals surface area (Å²) in [5.41, 5.74) is 2.15. The Balaban J connectivity index is 0.000000293. The summed E-state index contributed by atoms with van der Waals surface area (Å²) in [6, 6.07) is 12.3. The van der Waals surface area contributed by atoms with Crippen molar-refractivity contribution in [2.24, 2.45) is 0 Å². The fraction of sp³-hybridized carbons (Fsp3) is 0.250. The Morgan fingerprint density at radius 2 is 1.79 bits per heavy atom. The van der Waals surface area contributed by atoms with Gasteiger partial charge >= 0.3 is 0 Å². The van der Waals surface area contributed by atoms with E-state index < -0.39 is 0 Å². The van der Waals surface area contributed by atoms with E-state index in [1.54, 1.807) is 6.92 Å². The molecular formula is C12H15NO. The Kier molecular flexibility index (Phi) is 4.08. The molecule has 0 radical (unpaired) electrons. The highest BCUT2D eigenvalue weighted by Gasteiger charge is 1.90. The number of fused-ring (bicyclic) bond motifs is 1. The van der Waals surface area contributed by atoms with E-state index in [0.29, 0.717) is 0 Å². The molecule has 0 aliphatic rings. The Labute approximate surface area is 84.2 Å². The molecule has 0 aliphatic carbocycles. The average Bonchev–Trinajstić information content (AvgIpc) is 2.19. The highest BCUT2D eigenvalue weighted by molar-refractivity contribution is 5.78. The lowest BCUT2D eigenvalue weighted by atomic mass is 10.2. The van der Waals surface area contributed by atoms with Gasteiger partial charge in [-0.1, -0.05) is 24.3 Å². The molecule has 14 heavy (non-hydrogen) atoms. The van der Waals surface area contributed by atoms with Gasteiger partial charge in [-0.3, -0.25) is 4.98 Å². The van der Waals surface area contributed by atoms with Crippen molar-refractivity contribution in [1.29, 1.82) is 0 Å². The Hall–Kier alpha value is -1.41. The number of nitrogens with zero attached hydrogens (tertiary/aromatic N) is 1. The summed E-state index contributed by atoms with van der Waals surface area (Å²) in [6.45, 7) is 3.94. The van der Waals surface area contributed by atoms with Crippen molar-refractivity contribution in [1.82, 2.24) is 4.98 Å². The van der Waals surface area contributed by atoms with Crippen molar-refractivity contribution < 1.29 is 5.11 Å². The second kappa shape index (κ2) is 5.35. The highest BCUT2D eigenvalue weighted by atomic mass is 16.2. The molecule has 0 amide bonds. The Morgan fingerprint density at radius 3 is 2.50 bits per heavy atom. The summed E-state index contributed by atoms with van der Waals surface area (Å²) in [5.74, 6) is 0. The summed E-state index contributed by atoms with van der Waals surface area (Å²) in [5, 5.41) is 8.78. The van der Waals surface area contributed by atoms with Gasteiger partial charge in [-0.25, -0.2) is 0 Å². The number of para-hydroxylation sites is 1. The fourth-order valence-electron chi connectivity index (χ4n) is 1.17. The van der Waals surface area contributed by atoms with Crippen LogP contribution in [0.3, 0.4) is 0 Å². The molecule has 1 heterocycles. The molecule has 2 heteroatoms. The molecule has 1 aromatic carbocycles. The summed E-state index contributed by atoms with van der Waals surface area (Å²) in [4.78, 5) is 4.38. The first kappa shape index (κ1) is 10.7. The molecule has 0 saturated heterocycles. The van der Waals surface area contributed by atoms with Gasteiger partial charge in [0.25, 0.3) is 0 Å². The molecule has 1 aromatic heterocycles. The van der Waals surface area contributed by atoms with Crippen molar-refractivity contribution in [3.05, 3.63) is 42.1 Å². The number of aryl methyl sites for hydroxylation is 1. The number of rotatable bonds is 0. The second-order valence-corrected chi connectivity index (χ2v) is 2.96. The first-order valence-electron chi connectivity index (χ1n) is 4.71. The lowest BCUT2D eigenvalue weighted by Crippen LogP contribution is -1.80. The smallest absolute Gasteiger partial charge is 0.0705 e. The SMILES string of the molecule is CCO.Cc1ccc2ccccc2n1. The minimum Gasteiger partial charge on any atom is -0.397 e. The maximum Gasteiger partial charge on any atom is 0.0705 e. The molecular weight excluding hydrogens is 174 g/mol. The van der Waals surface area contributed by atoms with E-state index in [1.165, 1.54) is 5.39 Å². The van der Waals surface area contributed by atoms with Gasteiger partial charge < -0.3 is 5.11 Å². The third-order valence-electron chi connectivity index (χ3n) is 1.74. The minimum absolute atomic E-state index is 0.250. The van der Waals surface area contributed by atoms with Crippen molar-refractivity contribution in [2.75, 3.05) is 6.61 Å². The van der Waals surface area contributed by atoms with Crippen LogP contribution < -0.4 is 0 Å². The van der Waals surface area contributed by atoms with E-state index >= 15 is 0 Å². The largest absolute Gasteiger partial charge is 0.397 e. The molecule has 0 bridgehead atoms. The van der Waals surface area contributed by atoms with Crippen LogP contribution in [-0.4, -0.2) is 16.7 Å². The van der Waals surface area contributed by atoms with Gasteiger partial charge in [0.2, 0.25) is 0 Å². The van der Waals surface area contributed by atoms with Crippen LogP contribution in [-0.2, 0) is 0 Å². The zero-order chi connectivity index (χ0) is 10.4.